The Morgan fingerprint density at radius 1 is 0.972 bits per heavy atom. The normalized spacial score (nSPS) is 15.4. The van der Waals surface area contributed by atoms with E-state index in [4.69, 9.17) is 21.4 Å². The number of aliphatic hydroxyl groups excluding tert-OH is 1. The van der Waals surface area contributed by atoms with Gasteiger partial charge in [0.2, 0.25) is 0 Å². The van der Waals surface area contributed by atoms with Crippen LogP contribution in [0.4, 0.5) is 5.69 Å². The number of benzene rings is 3. The van der Waals surface area contributed by atoms with Crippen LogP contribution in [0.25, 0.3) is 0 Å². The van der Waals surface area contributed by atoms with Gasteiger partial charge in [-0.3, -0.25) is 4.90 Å². The number of aliphatic hydroxyl groups is 2. The molecule has 0 aliphatic carbocycles. The molecule has 0 radical (unpaired) electrons. The van der Waals surface area contributed by atoms with Gasteiger partial charge < -0.3 is 19.8 Å². The van der Waals surface area contributed by atoms with Crippen molar-refractivity contribution in [2.24, 2.45) is 5.18 Å². The van der Waals surface area contributed by atoms with E-state index in [1.165, 1.54) is 0 Å². The van der Waals surface area contributed by atoms with E-state index in [0.717, 1.165) is 43.0 Å². The molecular weight excluding hydrogens is 478 g/mol. The number of hydrogen-bond donors (Lipinski definition) is 2. The molecule has 3 aromatic carbocycles. The van der Waals surface area contributed by atoms with E-state index in [9.17, 15) is 10.0 Å². The minimum absolute atomic E-state index is 0.0365. The molecular formula is C28H34ClN3O4. The number of nitroso groups, excluding NO2 is 1. The Bertz CT molecular complexity index is 1030. The van der Waals surface area contributed by atoms with Gasteiger partial charge in [0.15, 0.2) is 0 Å². The molecule has 0 spiro atoms. The van der Waals surface area contributed by atoms with Gasteiger partial charge in [0.25, 0.3) is 0 Å². The van der Waals surface area contributed by atoms with Crippen molar-refractivity contribution in [3.63, 3.8) is 0 Å². The zero-order chi connectivity index (χ0) is 25.8. The molecule has 1 aliphatic heterocycles. The standard InChI is InChI=1S/C22H28ClN3O4.C6H6/c1-22(28,18-4-2-17(3-5-18)15-24-29)16-25-8-10-26(11-9-25)21-7-6-19(14-20(21)23)30-13-12-27;1-2-4-6-5-3-1/h2-7,14,27-28H,8-13,15-16H2,1H3;1-6H/t22-;/m1./s1. The number of rotatable bonds is 9. The van der Waals surface area contributed by atoms with Crippen molar-refractivity contribution in [2.75, 3.05) is 50.8 Å². The Hall–Kier alpha value is -2.97. The Morgan fingerprint density at radius 2 is 1.58 bits per heavy atom. The molecule has 2 N–H and O–H groups in total. The zero-order valence-electron chi connectivity index (χ0n) is 20.6. The Labute approximate surface area is 217 Å². The molecule has 36 heavy (non-hydrogen) atoms. The third kappa shape index (κ3) is 8.31. The summed E-state index contributed by atoms with van der Waals surface area (Å²) in [6, 6.07) is 25.0. The van der Waals surface area contributed by atoms with Crippen LogP contribution in [-0.4, -0.2) is 61.1 Å². The molecule has 7 nitrogen and oxygen atoms in total. The van der Waals surface area contributed by atoms with Crippen LogP contribution < -0.4 is 9.64 Å². The first kappa shape index (κ1) is 27.6. The van der Waals surface area contributed by atoms with Crippen molar-refractivity contribution in [2.45, 2.75) is 19.1 Å². The van der Waals surface area contributed by atoms with Crippen LogP contribution in [0.2, 0.25) is 5.02 Å². The second kappa shape index (κ2) is 13.9. The van der Waals surface area contributed by atoms with Crippen LogP contribution >= 0.6 is 11.6 Å². The SMILES string of the molecule is C[C@@](O)(CN1CCN(c2ccc(OCCO)cc2Cl)CC1)c1ccc(CN=O)cc1.c1ccccc1. The van der Waals surface area contributed by atoms with Crippen molar-refractivity contribution < 1.29 is 14.9 Å². The van der Waals surface area contributed by atoms with Crippen molar-refractivity contribution in [1.29, 1.82) is 0 Å². The van der Waals surface area contributed by atoms with Crippen LogP contribution in [0, 0.1) is 4.91 Å². The largest absolute Gasteiger partial charge is 0.491 e. The summed E-state index contributed by atoms with van der Waals surface area (Å²) in [5, 5.41) is 23.4. The van der Waals surface area contributed by atoms with Crippen LogP contribution in [0.3, 0.4) is 0 Å². The summed E-state index contributed by atoms with van der Waals surface area (Å²) in [4.78, 5) is 14.9. The Morgan fingerprint density at radius 3 is 2.11 bits per heavy atom. The molecule has 4 rings (SSSR count). The average Bonchev–Trinajstić information content (AvgIpc) is 2.90. The Balaban J connectivity index is 0.000000526. The summed E-state index contributed by atoms with van der Waals surface area (Å²) in [5.41, 5.74) is 1.63. The fourth-order valence-corrected chi connectivity index (χ4v) is 4.39. The lowest BCUT2D eigenvalue weighted by Crippen LogP contribution is -2.50. The lowest BCUT2D eigenvalue weighted by molar-refractivity contribution is 0.0143. The van der Waals surface area contributed by atoms with E-state index in [2.05, 4.69) is 15.0 Å². The van der Waals surface area contributed by atoms with Gasteiger partial charge in [0.05, 0.1) is 22.9 Å². The second-order valence-corrected chi connectivity index (χ2v) is 9.27. The highest BCUT2D eigenvalue weighted by molar-refractivity contribution is 6.33. The zero-order valence-corrected chi connectivity index (χ0v) is 21.3. The number of ether oxygens (including phenoxy) is 1. The predicted molar refractivity (Wildman–Crippen MR) is 145 cm³/mol. The van der Waals surface area contributed by atoms with Crippen molar-refractivity contribution >= 4 is 17.3 Å². The topological polar surface area (TPSA) is 85.6 Å². The lowest BCUT2D eigenvalue weighted by atomic mass is 9.94. The number of nitrogens with zero attached hydrogens (tertiary/aromatic N) is 3. The molecule has 0 unspecified atom stereocenters. The first-order valence-electron chi connectivity index (χ1n) is 12.0. The molecule has 0 bridgehead atoms. The van der Waals surface area contributed by atoms with Crippen molar-refractivity contribution in [3.8, 4) is 5.75 Å². The average molecular weight is 512 g/mol. The number of halogens is 1. The van der Waals surface area contributed by atoms with E-state index in [1.54, 1.807) is 6.07 Å². The van der Waals surface area contributed by atoms with Gasteiger partial charge in [-0.25, -0.2) is 0 Å². The van der Waals surface area contributed by atoms with E-state index < -0.39 is 5.60 Å². The predicted octanol–water partition coefficient (Wildman–Crippen LogP) is 4.69. The second-order valence-electron chi connectivity index (χ2n) is 8.86. The molecule has 1 heterocycles. The molecule has 3 aromatic rings. The van der Waals surface area contributed by atoms with E-state index in [-0.39, 0.29) is 19.8 Å². The molecule has 1 fully saturated rings. The molecule has 0 aromatic heterocycles. The minimum atomic E-state index is -0.987. The molecule has 8 heteroatoms. The maximum absolute atomic E-state index is 11.0. The van der Waals surface area contributed by atoms with E-state index in [0.29, 0.717) is 17.3 Å². The highest BCUT2D eigenvalue weighted by Gasteiger charge is 2.28. The number of hydrogen-bond acceptors (Lipinski definition) is 7. The van der Waals surface area contributed by atoms with Crippen LogP contribution in [0.5, 0.6) is 5.75 Å². The minimum Gasteiger partial charge on any atom is -0.491 e. The summed E-state index contributed by atoms with van der Waals surface area (Å²) in [6.45, 7) is 5.90. The van der Waals surface area contributed by atoms with Gasteiger partial charge in [-0.1, -0.05) is 77.4 Å². The third-order valence-corrected chi connectivity index (χ3v) is 6.32. The molecule has 192 valence electrons. The third-order valence-electron chi connectivity index (χ3n) is 6.01. The summed E-state index contributed by atoms with van der Waals surface area (Å²) < 4.78 is 5.40. The van der Waals surface area contributed by atoms with E-state index in [1.807, 2.05) is 79.7 Å². The number of anilines is 1. The van der Waals surface area contributed by atoms with Crippen molar-refractivity contribution in [3.05, 3.63) is 99.9 Å². The highest BCUT2D eigenvalue weighted by atomic mass is 35.5. The van der Waals surface area contributed by atoms with Gasteiger partial charge >= 0.3 is 0 Å². The molecule has 1 atom stereocenters. The van der Waals surface area contributed by atoms with Crippen LogP contribution in [0.1, 0.15) is 18.1 Å². The molecule has 0 amide bonds. The van der Waals surface area contributed by atoms with Crippen LogP contribution in [-0.2, 0) is 12.1 Å². The maximum Gasteiger partial charge on any atom is 0.121 e. The van der Waals surface area contributed by atoms with E-state index >= 15 is 0 Å². The smallest absolute Gasteiger partial charge is 0.121 e. The molecule has 1 saturated heterocycles. The first-order chi connectivity index (χ1) is 17.4. The summed E-state index contributed by atoms with van der Waals surface area (Å²) in [5.74, 6) is 0.641. The van der Waals surface area contributed by atoms with Crippen molar-refractivity contribution in [1.82, 2.24) is 4.90 Å². The molecule has 1 aliphatic rings. The number of β-amino-alcohol motifs (C(OH)–C–C–N with tert-alkyl or cyclic N) is 1. The fraction of sp³-hybridized carbons (Fsp3) is 0.357. The monoisotopic (exact) mass is 511 g/mol. The van der Waals surface area contributed by atoms with Gasteiger partial charge in [0.1, 0.15) is 18.9 Å². The fourth-order valence-electron chi connectivity index (χ4n) is 4.10. The Kier molecular flexibility index (Phi) is 10.7. The maximum atomic E-state index is 11.0. The first-order valence-corrected chi connectivity index (χ1v) is 12.4. The van der Waals surface area contributed by atoms with Gasteiger partial charge in [-0.15, -0.1) is 0 Å². The van der Waals surface area contributed by atoms with Crippen LogP contribution in [0.15, 0.2) is 84.0 Å². The number of piperazine rings is 1. The van der Waals surface area contributed by atoms with Gasteiger partial charge in [-0.05, 0) is 30.2 Å². The summed E-state index contributed by atoms with van der Waals surface area (Å²) >= 11 is 6.44. The van der Waals surface area contributed by atoms with Gasteiger partial charge in [0, 0.05) is 38.8 Å². The highest BCUT2D eigenvalue weighted by Crippen LogP contribution is 2.31. The summed E-state index contributed by atoms with van der Waals surface area (Å²) in [6.07, 6.45) is 0. The lowest BCUT2D eigenvalue weighted by Gasteiger charge is -2.39. The summed E-state index contributed by atoms with van der Waals surface area (Å²) in [7, 11) is 0. The quantitative estimate of drug-likeness (QED) is 0.405. The molecule has 0 saturated carbocycles. The van der Waals surface area contributed by atoms with Gasteiger partial charge in [-0.2, -0.15) is 4.91 Å².